The monoisotopic (exact) mass is 347 g/mol. The summed E-state index contributed by atoms with van der Waals surface area (Å²) in [6, 6.07) is 3.91. The van der Waals surface area contributed by atoms with Crippen LogP contribution in [0.5, 0.6) is 0 Å². The number of hydrogen-bond donors (Lipinski definition) is 1. The van der Waals surface area contributed by atoms with Crippen LogP contribution < -0.4 is 5.43 Å². The van der Waals surface area contributed by atoms with Crippen molar-refractivity contribution in [1.82, 2.24) is 10.3 Å². The molecule has 4 nitrogen and oxygen atoms in total. The highest BCUT2D eigenvalue weighted by Crippen LogP contribution is 2.20. The number of carbonyl (C=O) groups excluding carboxylic acids is 1. The standard InChI is InChI=1S/C11H14BrN3OS2/c12-10-2-1-9(18-10)7-13-14-11(16)8-15-3-5-17-6-4-15/h1-2,7H,3-6,8H2,(H,14,16)/b13-7-. The zero-order chi connectivity index (χ0) is 12.8. The van der Waals surface area contributed by atoms with E-state index >= 15 is 0 Å². The van der Waals surface area contributed by atoms with Crippen LogP contribution in [0.15, 0.2) is 21.0 Å². The Hall–Kier alpha value is -0.370. The second-order valence-corrected chi connectivity index (χ2v) is 7.54. The number of amides is 1. The number of carbonyl (C=O) groups is 1. The van der Waals surface area contributed by atoms with Crippen LogP contribution in [0.1, 0.15) is 4.88 Å². The molecular formula is C11H14BrN3OS2. The van der Waals surface area contributed by atoms with E-state index in [1.54, 1.807) is 17.6 Å². The molecule has 1 amide bonds. The van der Waals surface area contributed by atoms with Gasteiger partial charge in [-0.3, -0.25) is 9.69 Å². The van der Waals surface area contributed by atoms with Crippen molar-refractivity contribution >= 4 is 51.2 Å². The van der Waals surface area contributed by atoms with Gasteiger partial charge < -0.3 is 0 Å². The van der Waals surface area contributed by atoms with E-state index in [-0.39, 0.29) is 5.91 Å². The van der Waals surface area contributed by atoms with Crippen LogP contribution in [0.25, 0.3) is 0 Å². The lowest BCUT2D eigenvalue weighted by molar-refractivity contribution is -0.122. The minimum atomic E-state index is -0.0474. The summed E-state index contributed by atoms with van der Waals surface area (Å²) in [5.74, 6) is 2.17. The summed E-state index contributed by atoms with van der Waals surface area (Å²) < 4.78 is 1.06. The SMILES string of the molecule is O=C(CN1CCSCC1)N/N=C\c1ccc(Br)s1. The topological polar surface area (TPSA) is 44.7 Å². The van der Waals surface area contributed by atoms with Gasteiger partial charge in [-0.25, -0.2) is 5.43 Å². The van der Waals surface area contributed by atoms with Gasteiger partial charge in [0.25, 0.3) is 5.91 Å². The summed E-state index contributed by atoms with van der Waals surface area (Å²) in [5.41, 5.74) is 2.56. The molecule has 0 spiro atoms. The number of nitrogens with one attached hydrogen (secondary N) is 1. The van der Waals surface area contributed by atoms with Crippen LogP contribution in [0, 0.1) is 0 Å². The lowest BCUT2D eigenvalue weighted by atomic mass is 10.4. The summed E-state index contributed by atoms with van der Waals surface area (Å²) in [6.07, 6.45) is 1.67. The molecule has 98 valence electrons. The second kappa shape index (κ2) is 7.28. The quantitative estimate of drug-likeness (QED) is 0.669. The maximum atomic E-state index is 11.6. The molecule has 1 aliphatic heterocycles. The Kier molecular flexibility index (Phi) is 5.68. The maximum Gasteiger partial charge on any atom is 0.254 e. The van der Waals surface area contributed by atoms with Gasteiger partial charge in [0.1, 0.15) is 0 Å². The van der Waals surface area contributed by atoms with Crippen LogP contribution in [-0.4, -0.2) is 48.2 Å². The zero-order valence-electron chi connectivity index (χ0n) is 9.76. The van der Waals surface area contributed by atoms with Crippen LogP contribution in [0.3, 0.4) is 0 Å². The van der Waals surface area contributed by atoms with Gasteiger partial charge in [0.15, 0.2) is 0 Å². The number of thioether (sulfide) groups is 1. The molecule has 0 bridgehead atoms. The Morgan fingerprint density at radius 1 is 1.50 bits per heavy atom. The van der Waals surface area contributed by atoms with E-state index in [1.807, 2.05) is 23.9 Å². The van der Waals surface area contributed by atoms with E-state index in [0.29, 0.717) is 6.54 Å². The van der Waals surface area contributed by atoms with Crippen molar-refractivity contribution in [3.05, 3.63) is 20.8 Å². The molecule has 0 aromatic carbocycles. The zero-order valence-corrected chi connectivity index (χ0v) is 13.0. The average molecular weight is 348 g/mol. The lowest BCUT2D eigenvalue weighted by Gasteiger charge is -2.24. The Morgan fingerprint density at radius 2 is 2.28 bits per heavy atom. The molecule has 0 aliphatic carbocycles. The molecule has 0 radical (unpaired) electrons. The number of halogens is 1. The first-order valence-electron chi connectivity index (χ1n) is 5.61. The molecule has 1 aromatic rings. The number of rotatable bonds is 4. The van der Waals surface area contributed by atoms with E-state index in [9.17, 15) is 4.79 Å². The molecule has 18 heavy (non-hydrogen) atoms. The van der Waals surface area contributed by atoms with E-state index in [1.165, 1.54) is 0 Å². The lowest BCUT2D eigenvalue weighted by Crippen LogP contribution is -2.40. The molecule has 0 saturated carbocycles. The molecule has 2 heterocycles. The van der Waals surface area contributed by atoms with Crippen LogP contribution >= 0.6 is 39.0 Å². The number of thiophene rings is 1. The van der Waals surface area contributed by atoms with Gasteiger partial charge in [0.05, 0.1) is 16.5 Å². The summed E-state index contributed by atoms with van der Waals surface area (Å²) in [6.45, 7) is 2.41. The van der Waals surface area contributed by atoms with Crippen molar-refractivity contribution in [2.75, 3.05) is 31.1 Å². The predicted octanol–water partition coefficient (Wildman–Crippen LogP) is 2.01. The average Bonchev–Trinajstić information content (AvgIpc) is 2.76. The normalized spacial score (nSPS) is 17.2. The highest BCUT2D eigenvalue weighted by molar-refractivity contribution is 9.11. The fraction of sp³-hybridized carbons (Fsp3) is 0.455. The van der Waals surface area contributed by atoms with Gasteiger partial charge >= 0.3 is 0 Å². The summed E-state index contributed by atoms with van der Waals surface area (Å²) in [4.78, 5) is 14.8. The van der Waals surface area contributed by atoms with Gasteiger partial charge in [0.2, 0.25) is 0 Å². The summed E-state index contributed by atoms with van der Waals surface area (Å²) >= 11 is 6.89. The molecule has 1 fully saturated rings. The molecule has 1 N–H and O–H groups in total. The molecule has 7 heteroatoms. The minimum Gasteiger partial charge on any atom is -0.293 e. The fourth-order valence-electron chi connectivity index (χ4n) is 1.56. The Morgan fingerprint density at radius 3 is 2.94 bits per heavy atom. The van der Waals surface area contributed by atoms with Gasteiger partial charge in [0, 0.05) is 29.5 Å². The van der Waals surface area contributed by atoms with Crippen LogP contribution in [0.2, 0.25) is 0 Å². The number of hydrazone groups is 1. The third kappa shape index (κ3) is 4.72. The molecule has 0 atom stereocenters. The number of hydrogen-bond acceptors (Lipinski definition) is 5. The Balaban J connectivity index is 1.72. The first kappa shape index (κ1) is 14.0. The van der Waals surface area contributed by atoms with Crippen LogP contribution in [0.4, 0.5) is 0 Å². The first-order valence-corrected chi connectivity index (χ1v) is 8.38. The molecule has 2 rings (SSSR count). The molecule has 1 saturated heterocycles. The van der Waals surface area contributed by atoms with Gasteiger partial charge in [-0.05, 0) is 28.1 Å². The molecule has 0 unspecified atom stereocenters. The van der Waals surface area contributed by atoms with E-state index in [2.05, 4.69) is 31.4 Å². The third-order valence-corrected chi connectivity index (χ3v) is 4.95. The van der Waals surface area contributed by atoms with Gasteiger partial charge in [-0.15, -0.1) is 11.3 Å². The molecule has 1 aliphatic rings. The predicted molar refractivity (Wildman–Crippen MR) is 81.5 cm³/mol. The smallest absolute Gasteiger partial charge is 0.254 e. The first-order chi connectivity index (χ1) is 8.74. The highest BCUT2D eigenvalue weighted by atomic mass is 79.9. The van der Waals surface area contributed by atoms with E-state index in [4.69, 9.17) is 0 Å². The van der Waals surface area contributed by atoms with Crippen molar-refractivity contribution in [2.45, 2.75) is 0 Å². The summed E-state index contributed by atoms with van der Waals surface area (Å²) in [5, 5.41) is 3.95. The minimum absolute atomic E-state index is 0.0474. The summed E-state index contributed by atoms with van der Waals surface area (Å²) in [7, 11) is 0. The Labute approximate surface area is 123 Å². The highest BCUT2D eigenvalue weighted by Gasteiger charge is 2.13. The van der Waals surface area contributed by atoms with Crippen molar-refractivity contribution in [1.29, 1.82) is 0 Å². The van der Waals surface area contributed by atoms with Gasteiger partial charge in [-0.2, -0.15) is 16.9 Å². The third-order valence-electron chi connectivity index (χ3n) is 2.45. The Bertz CT molecular complexity index is 430. The second-order valence-electron chi connectivity index (χ2n) is 3.82. The maximum absolute atomic E-state index is 11.6. The fourth-order valence-corrected chi connectivity index (χ4v) is 3.84. The number of nitrogens with zero attached hydrogens (tertiary/aromatic N) is 2. The van der Waals surface area contributed by atoms with Gasteiger partial charge in [-0.1, -0.05) is 0 Å². The van der Waals surface area contributed by atoms with Crippen molar-refractivity contribution < 1.29 is 4.79 Å². The van der Waals surface area contributed by atoms with Crippen molar-refractivity contribution in [3.63, 3.8) is 0 Å². The van der Waals surface area contributed by atoms with E-state index < -0.39 is 0 Å². The van der Waals surface area contributed by atoms with Crippen LogP contribution in [-0.2, 0) is 4.79 Å². The van der Waals surface area contributed by atoms with Crippen molar-refractivity contribution in [2.24, 2.45) is 5.10 Å². The molecular weight excluding hydrogens is 334 g/mol. The largest absolute Gasteiger partial charge is 0.293 e. The van der Waals surface area contributed by atoms with E-state index in [0.717, 1.165) is 33.3 Å². The van der Waals surface area contributed by atoms with Crippen molar-refractivity contribution in [3.8, 4) is 0 Å². The molecule has 1 aromatic heterocycles.